The minimum absolute atomic E-state index is 0.202. The molecule has 0 saturated heterocycles. The number of hydrogen-bond acceptors (Lipinski definition) is 1. The van der Waals surface area contributed by atoms with Gasteiger partial charge in [-0.3, -0.25) is 4.79 Å². The molecule has 1 nitrogen and oxygen atoms in total. The second-order valence-electron chi connectivity index (χ2n) is 4.97. The lowest BCUT2D eigenvalue weighted by Crippen LogP contribution is -2.18. The van der Waals surface area contributed by atoms with Crippen LogP contribution in [0.1, 0.15) is 47.5 Å². The Labute approximate surface area is 99.9 Å². The third-order valence-electron chi connectivity index (χ3n) is 2.94. The summed E-state index contributed by atoms with van der Waals surface area (Å²) in [7, 11) is 0. The molecule has 0 bridgehead atoms. The molecule has 0 N–H and O–H groups in total. The van der Waals surface area contributed by atoms with Crippen LogP contribution < -0.4 is 0 Å². The van der Waals surface area contributed by atoms with Crippen molar-refractivity contribution in [3.05, 3.63) is 35.5 Å². The Morgan fingerprint density at radius 1 is 1.25 bits per heavy atom. The molecule has 1 atom stereocenters. The molecular formula is C15H24O. The lowest BCUT2D eigenvalue weighted by atomic mass is 9.77. The molecule has 0 aromatic rings. The molecular weight excluding hydrogens is 196 g/mol. The van der Waals surface area contributed by atoms with Gasteiger partial charge in [-0.25, -0.2) is 0 Å². The number of rotatable bonds is 6. The molecule has 0 rings (SSSR count). The largest absolute Gasteiger partial charge is 0.298 e. The first-order valence-corrected chi connectivity index (χ1v) is 5.77. The van der Waals surface area contributed by atoms with E-state index in [4.69, 9.17) is 0 Å². The van der Waals surface area contributed by atoms with E-state index >= 15 is 0 Å². The van der Waals surface area contributed by atoms with Gasteiger partial charge >= 0.3 is 0 Å². The van der Waals surface area contributed by atoms with Crippen LogP contribution in [0.15, 0.2) is 35.5 Å². The average Bonchev–Trinajstić information content (AvgIpc) is 2.17. The molecule has 0 saturated carbocycles. The number of hydrogen-bond donors (Lipinski definition) is 0. The van der Waals surface area contributed by atoms with E-state index in [1.165, 1.54) is 5.57 Å². The number of allylic oxidation sites excluding steroid dienone is 5. The fourth-order valence-electron chi connectivity index (χ4n) is 1.83. The van der Waals surface area contributed by atoms with Gasteiger partial charge in [0.15, 0.2) is 0 Å². The minimum atomic E-state index is -0.202. The topological polar surface area (TPSA) is 17.1 Å². The van der Waals surface area contributed by atoms with E-state index < -0.39 is 0 Å². The zero-order valence-electron chi connectivity index (χ0n) is 11.3. The fourth-order valence-corrected chi connectivity index (χ4v) is 1.83. The van der Waals surface area contributed by atoms with Crippen molar-refractivity contribution in [3.8, 4) is 0 Å². The molecule has 0 aliphatic rings. The van der Waals surface area contributed by atoms with E-state index in [2.05, 4.69) is 33.4 Å². The monoisotopic (exact) mass is 220 g/mol. The van der Waals surface area contributed by atoms with Crippen molar-refractivity contribution in [3.63, 3.8) is 0 Å². The van der Waals surface area contributed by atoms with Crippen LogP contribution in [0, 0.1) is 5.41 Å². The Bertz CT molecular complexity index is 312. The second kappa shape index (κ2) is 6.47. The molecule has 0 heterocycles. The highest BCUT2D eigenvalue weighted by Crippen LogP contribution is 2.34. The zero-order valence-corrected chi connectivity index (χ0v) is 11.3. The van der Waals surface area contributed by atoms with Crippen LogP contribution in [-0.2, 0) is 4.79 Å². The molecule has 1 heteroatoms. The maximum absolute atomic E-state index is 11.1. The molecule has 16 heavy (non-hydrogen) atoms. The Morgan fingerprint density at radius 3 is 2.12 bits per heavy atom. The van der Waals surface area contributed by atoms with Crippen molar-refractivity contribution in [2.24, 2.45) is 5.41 Å². The van der Waals surface area contributed by atoms with Gasteiger partial charge in [-0.15, -0.1) is 6.58 Å². The maximum atomic E-state index is 11.1. The molecule has 0 spiro atoms. The molecule has 0 radical (unpaired) electrons. The Hall–Kier alpha value is -1.11. The van der Waals surface area contributed by atoms with Crippen molar-refractivity contribution in [2.75, 3.05) is 0 Å². The summed E-state index contributed by atoms with van der Waals surface area (Å²) in [6.45, 7) is 14.1. The van der Waals surface area contributed by atoms with Crippen LogP contribution in [0.2, 0.25) is 0 Å². The SMILES string of the molecule is C=C[C@](C)(CCC=C(C)C)C(C=O)=C(C)C. The van der Waals surface area contributed by atoms with Gasteiger partial charge in [0.1, 0.15) is 6.29 Å². The van der Waals surface area contributed by atoms with E-state index in [-0.39, 0.29) is 5.41 Å². The highest BCUT2D eigenvalue weighted by atomic mass is 16.1. The Balaban J connectivity index is 4.92. The van der Waals surface area contributed by atoms with Crippen molar-refractivity contribution < 1.29 is 4.79 Å². The minimum Gasteiger partial charge on any atom is -0.298 e. The van der Waals surface area contributed by atoms with Crippen molar-refractivity contribution in [2.45, 2.75) is 47.5 Å². The van der Waals surface area contributed by atoms with Gasteiger partial charge in [0, 0.05) is 11.0 Å². The number of carbonyl (C=O) groups excluding carboxylic acids is 1. The maximum Gasteiger partial charge on any atom is 0.146 e. The summed E-state index contributed by atoms with van der Waals surface area (Å²) in [4.78, 5) is 11.1. The molecule has 90 valence electrons. The van der Waals surface area contributed by atoms with Crippen LogP contribution in [0.4, 0.5) is 0 Å². The van der Waals surface area contributed by atoms with E-state index in [0.717, 1.165) is 30.3 Å². The summed E-state index contributed by atoms with van der Waals surface area (Å²) < 4.78 is 0. The van der Waals surface area contributed by atoms with E-state index in [1.54, 1.807) is 0 Å². The summed E-state index contributed by atoms with van der Waals surface area (Å²) in [6, 6.07) is 0. The van der Waals surface area contributed by atoms with Crippen molar-refractivity contribution in [1.29, 1.82) is 0 Å². The highest BCUT2D eigenvalue weighted by Gasteiger charge is 2.25. The summed E-state index contributed by atoms with van der Waals surface area (Å²) >= 11 is 0. The fraction of sp³-hybridized carbons (Fsp3) is 0.533. The van der Waals surface area contributed by atoms with Crippen LogP contribution in [0.25, 0.3) is 0 Å². The molecule has 0 aromatic carbocycles. The first-order chi connectivity index (χ1) is 7.37. The molecule has 0 aromatic heterocycles. The molecule has 0 unspecified atom stereocenters. The summed E-state index contributed by atoms with van der Waals surface area (Å²) in [5.74, 6) is 0. The predicted octanol–water partition coefficient (Wildman–Crippen LogP) is 4.46. The smallest absolute Gasteiger partial charge is 0.146 e. The third kappa shape index (κ3) is 4.18. The van der Waals surface area contributed by atoms with Gasteiger partial charge in [0.25, 0.3) is 0 Å². The second-order valence-corrected chi connectivity index (χ2v) is 4.97. The summed E-state index contributed by atoms with van der Waals surface area (Å²) in [5.41, 5.74) is 3.06. The highest BCUT2D eigenvalue weighted by molar-refractivity contribution is 5.77. The van der Waals surface area contributed by atoms with Crippen LogP contribution in [0.5, 0.6) is 0 Å². The van der Waals surface area contributed by atoms with Gasteiger partial charge in [-0.2, -0.15) is 0 Å². The number of aldehydes is 1. The lowest BCUT2D eigenvalue weighted by molar-refractivity contribution is -0.105. The van der Waals surface area contributed by atoms with E-state index in [0.29, 0.717) is 0 Å². The van der Waals surface area contributed by atoms with Crippen LogP contribution >= 0.6 is 0 Å². The third-order valence-corrected chi connectivity index (χ3v) is 2.94. The Kier molecular flexibility index (Phi) is 6.02. The summed E-state index contributed by atoms with van der Waals surface area (Å²) in [6.07, 6.45) is 6.98. The number of carbonyl (C=O) groups is 1. The van der Waals surface area contributed by atoms with Crippen LogP contribution in [0.3, 0.4) is 0 Å². The van der Waals surface area contributed by atoms with Gasteiger partial charge in [0.05, 0.1) is 0 Å². The van der Waals surface area contributed by atoms with E-state index in [1.807, 2.05) is 19.9 Å². The molecule has 0 aliphatic heterocycles. The quantitative estimate of drug-likeness (QED) is 0.367. The normalized spacial score (nSPS) is 13.6. The van der Waals surface area contributed by atoms with E-state index in [9.17, 15) is 4.79 Å². The molecule has 0 amide bonds. The zero-order chi connectivity index (χ0) is 12.8. The first kappa shape index (κ1) is 14.9. The first-order valence-electron chi connectivity index (χ1n) is 5.77. The van der Waals surface area contributed by atoms with Gasteiger partial charge in [-0.1, -0.05) is 30.2 Å². The summed E-state index contributed by atoms with van der Waals surface area (Å²) in [5, 5.41) is 0. The van der Waals surface area contributed by atoms with Crippen molar-refractivity contribution in [1.82, 2.24) is 0 Å². The average molecular weight is 220 g/mol. The van der Waals surface area contributed by atoms with Gasteiger partial charge in [-0.05, 0) is 40.5 Å². The van der Waals surface area contributed by atoms with Crippen LogP contribution in [-0.4, -0.2) is 6.29 Å². The van der Waals surface area contributed by atoms with Crippen molar-refractivity contribution >= 4 is 6.29 Å². The standard InChI is InChI=1S/C15H24O/c1-7-15(6,10-8-9-12(2)3)14(11-16)13(4)5/h7,9,11H,1,8,10H2,2-6H3/t15-/m1/s1. The van der Waals surface area contributed by atoms with Gasteiger partial charge < -0.3 is 0 Å². The Morgan fingerprint density at radius 2 is 1.81 bits per heavy atom. The predicted molar refractivity (Wildman–Crippen MR) is 71.4 cm³/mol. The van der Waals surface area contributed by atoms with Gasteiger partial charge in [0.2, 0.25) is 0 Å². The molecule has 0 fully saturated rings. The molecule has 0 aliphatic carbocycles. The lowest BCUT2D eigenvalue weighted by Gasteiger charge is -2.27.